The quantitative estimate of drug-likeness (QED) is 0.495. The van der Waals surface area contributed by atoms with E-state index in [9.17, 15) is 5.26 Å². The average Bonchev–Trinajstić information content (AvgIpc) is 3.07. The van der Waals surface area contributed by atoms with Gasteiger partial charge in [0, 0.05) is 18.0 Å². The van der Waals surface area contributed by atoms with Crippen molar-refractivity contribution >= 4 is 28.2 Å². The summed E-state index contributed by atoms with van der Waals surface area (Å²) in [5.41, 5.74) is 6.79. The average molecular weight is 370 g/mol. The summed E-state index contributed by atoms with van der Waals surface area (Å²) in [5.74, 6) is 1.60. The van der Waals surface area contributed by atoms with Gasteiger partial charge in [-0.25, -0.2) is 0 Å². The Labute approximate surface area is 164 Å². The maximum Gasteiger partial charge on any atom is 0.250 e. The van der Waals surface area contributed by atoms with Crippen molar-refractivity contribution in [2.24, 2.45) is 5.92 Å². The van der Waals surface area contributed by atoms with Gasteiger partial charge in [0.15, 0.2) is 0 Å². The van der Waals surface area contributed by atoms with E-state index in [0.717, 1.165) is 46.6 Å². The van der Waals surface area contributed by atoms with Crippen LogP contribution in [0.3, 0.4) is 0 Å². The molecule has 0 aliphatic rings. The molecule has 3 heterocycles. The number of fused-ring (bicyclic) bond motifs is 3. The highest BCUT2D eigenvalue weighted by molar-refractivity contribution is 5.78. The van der Waals surface area contributed by atoms with Gasteiger partial charge in [0.2, 0.25) is 11.5 Å². The van der Waals surface area contributed by atoms with Crippen LogP contribution in [0.25, 0.3) is 16.7 Å². The Morgan fingerprint density at radius 3 is 2.64 bits per heavy atom. The lowest BCUT2D eigenvalue weighted by atomic mass is 9.96. The van der Waals surface area contributed by atoms with Crippen LogP contribution in [-0.2, 0) is 6.42 Å². The van der Waals surface area contributed by atoms with Crippen molar-refractivity contribution in [3.63, 3.8) is 0 Å². The van der Waals surface area contributed by atoms with Gasteiger partial charge in [0.1, 0.15) is 22.7 Å². The first-order valence-electron chi connectivity index (χ1n) is 9.65. The fourth-order valence-electron chi connectivity index (χ4n) is 3.70. The molecule has 28 heavy (non-hydrogen) atoms. The van der Waals surface area contributed by atoms with Gasteiger partial charge in [-0.15, -0.1) is 0 Å². The van der Waals surface area contributed by atoms with Crippen molar-refractivity contribution in [2.75, 3.05) is 5.32 Å². The van der Waals surface area contributed by atoms with E-state index < -0.39 is 0 Å². The molecule has 2 N–H and O–H groups in total. The minimum absolute atomic E-state index is 0.586. The van der Waals surface area contributed by atoms with E-state index in [0.29, 0.717) is 11.5 Å². The van der Waals surface area contributed by atoms with Crippen molar-refractivity contribution in [1.82, 2.24) is 9.97 Å². The summed E-state index contributed by atoms with van der Waals surface area (Å²) in [4.78, 5) is 7.56. The molecule has 3 aromatic heterocycles. The standard InChI is InChI=1S/C23H23N5/c1-15(2)8-9-18-16(3)19(14-24)23-27-20-6-4-5-7-21(20)28(23)22(18)26-17-10-12-25-13-11-17/h4-7,10-13,15H,8-9H2,1-3H3,(H,25,26,27)/p+1. The highest BCUT2D eigenvalue weighted by atomic mass is 15.1. The largest absolute Gasteiger partial charge is 0.273 e. The third kappa shape index (κ3) is 3.07. The molecule has 0 bridgehead atoms. The molecule has 4 rings (SSSR count). The predicted octanol–water partition coefficient (Wildman–Crippen LogP) is 4.81. The van der Waals surface area contributed by atoms with E-state index in [1.165, 1.54) is 5.56 Å². The van der Waals surface area contributed by atoms with E-state index in [4.69, 9.17) is 0 Å². The summed E-state index contributed by atoms with van der Waals surface area (Å²) in [7, 11) is 0. The van der Waals surface area contributed by atoms with Gasteiger partial charge in [-0.2, -0.15) is 9.66 Å². The highest BCUT2D eigenvalue weighted by Crippen LogP contribution is 2.29. The summed E-state index contributed by atoms with van der Waals surface area (Å²) in [6.45, 7) is 6.51. The lowest BCUT2D eigenvalue weighted by Gasteiger charge is -2.14. The number of anilines is 2. The van der Waals surface area contributed by atoms with Crippen LogP contribution in [0.2, 0.25) is 0 Å². The Morgan fingerprint density at radius 1 is 1.18 bits per heavy atom. The van der Waals surface area contributed by atoms with Gasteiger partial charge < -0.3 is 0 Å². The smallest absolute Gasteiger partial charge is 0.250 e. The molecule has 0 fully saturated rings. The summed E-state index contributed by atoms with van der Waals surface area (Å²) < 4.78 is 2.15. The maximum absolute atomic E-state index is 9.91. The van der Waals surface area contributed by atoms with Crippen molar-refractivity contribution < 1.29 is 4.40 Å². The number of aromatic amines is 1. The van der Waals surface area contributed by atoms with Crippen molar-refractivity contribution in [3.05, 3.63) is 65.5 Å². The van der Waals surface area contributed by atoms with Crippen molar-refractivity contribution in [2.45, 2.75) is 33.6 Å². The van der Waals surface area contributed by atoms with E-state index in [-0.39, 0.29) is 0 Å². The molecular weight excluding hydrogens is 346 g/mol. The first kappa shape index (κ1) is 18.0. The number of imidazole rings is 1. The SMILES string of the molecule is Cc1c(CCC(C)C)c(Nc2ccncc2)[n+]2c([nH]c3ccccc32)c1C#N. The maximum atomic E-state index is 9.91. The molecule has 0 aliphatic carbocycles. The lowest BCUT2D eigenvalue weighted by Crippen LogP contribution is -2.28. The molecule has 0 atom stereocenters. The van der Waals surface area contributed by atoms with E-state index in [2.05, 4.69) is 52.6 Å². The molecule has 0 unspecified atom stereocenters. The van der Waals surface area contributed by atoms with Crippen LogP contribution in [0.15, 0.2) is 48.8 Å². The van der Waals surface area contributed by atoms with Crippen molar-refractivity contribution in [3.8, 4) is 6.07 Å². The zero-order chi connectivity index (χ0) is 19.7. The van der Waals surface area contributed by atoms with Crippen LogP contribution in [0.1, 0.15) is 37.0 Å². The first-order valence-corrected chi connectivity index (χ1v) is 9.65. The summed E-state index contributed by atoms with van der Waals surface area (Å²) in [5, 5.41) is 13.5. The number of H-pyrrole nitrogens is 1. The molecule has 0 saturated carbocycles. The Bertz CT molecular complexity index is 1180. The predicted molar refractivity (Wildman–Crippen MR) is 112 cm³/mol. The number of nitriles is 1. The van der Waals surface area contributed by atoms with E-state index >= 15 is 0 Å². The topological polar surface area (TPSA) is 68.6 Å². The Morgan fingerprint density at radius 2 is 1.93 bits per heavy atom. The Hall–Kier alpha value is -3.39. The molecule has 5 nitrogen and oxygen atoms in total. The first-order chi connectivity index (χ1) is 13.6. The van der Waals surface area contributed by atoms with Crippen LogP contribution in [-0.4, -0.2) is 9.97 Å². The number of nitrogens with zero attached hydrogens (tertiary/aromatic N) is 3. The van der Waals surface area contributed by atoms with Crippen LogP contribution < -0.4 is 9.72 Å². The minimum atomic E-state index is 0.586. The van der Waals surface area contributed by atoms with Crippen LogP contribution >= 0.6 is 0 Å². The number of benzene rings is 1. The van der Waals surface area contributed by atoms with Crippen LogP contribution in [0, 0.1) is 24.2 Å². The fraction of sp³-hybridized carbons (Fsp3) is 0.261. The molecule has 0 aliphatic heterocycles. The fourth-order valence-corrected chi connectivity index (χ4v) is 3.70. The summed E-state index contributed by atoms with van der Waals surface area (Å²) >= 11 is 0. The third-order valence-corrected chi connectivity index (χ3v) is 5.22. The molecule has 140 valence electrons. The third-order valence-electron chi connectivity index (χ3n) is 5.22. The van der Waals surface area contributed by atoms with Crippen LogP contribution in [0.4, 0.5) is 11.5 Å². The summed E-state index contributed by atoms with van der Waals surface area (Å²) in [6, 6.07) is 14.5. The number of pyridine rings is 2. The minimum Gasteiger partial charge on any atom is -0.273 e. The number of aromatic nitrogens is 3. The summed E-state index contributed by atoms with van der Waals surface area (Å²) in [6.07, 6.45) is 5.53. The van der Waals surface area contributed by atoms with Gasteiger partial charge in [-0.05, 0) is 55.5 Å². The van der Waals surface area contributed by atoms with Crippen molar-refractivity contribution in [1.29, 1.82) is 5.26 Å². The molecule has 0 radical (unpaired) electrons. The van der Waals surface area contributed by atoms with Gasteiger partial charge >= 0.3 is 0 Å². The molecule has 0 amide bonds. The Balaban J connectivity index is 2.06. The number of nitrogens with one attached hydrogen (secondary N) is 2. The second kappa shape index (κ2) is 7.32. The highest BCUT2D eigenvalue weighted by Gasteiger charge is 2.25. The second-order valence-corrected chi connectivity index (χ2v) is 7.56. The van der Waals surface area contributed by atoms with Gasteiger partial charge in [0.25, 0.3) is 0 Å². The molecule has 0 saturated heterocycles. The monoisotopic (exact) mass is 370 g/mol. The van der Waals surface area contributed by atoms with Gasteiger partial charge in [-0.1, -0.05) is 26.0 Å². The second-order valence-electron chi connectivity index (χ2n) is 7.56. The Kier molecular flexibility index (Phi) is 4.70. The molecule has 0 spiro atoms. The lowest BCUT2D eigenvalue weighted by molar-refractivity contribution is -0.465. The van der Waals surface area contributed by atoms with E-state index in [1.54, 1.807) is 12.4 Å². The van der Waals surface area contributed by atoms with Gasteiger partial charge in [-0.3, -0.25) is 15.3 Å². The van der Waals surface area contributed by atoms with E-state index in [1.807, 2.05) is 30.3 Å². The number of hydrogen-bond donors (Lipinski definition) is 2. The number of hydrogen-bond acceptors (Lipinski definition) is 3. The number of rotatable bonds is 5. The zero-order valence-electron chi connectivity index (χ0n) is 16.5. The van der Waals surface area contributed by atoms with Gasteiger partial charge in [0.05, 0.1) is 5.69 Å². The molecule has 5 heteroatoms. The number of para-hydroxylation sites is 2. The normalized spacial score (nSPS) is 11.2. The molecule has 1 aromatic carbocycles. The molecular formula is C23H24N5+. The zero-order valence-corrected chi connectivity index (χ0v) is 16.5. The molecule has 4 aromatic rings. The van der Waals surface area contributed by atoms with Crippen LogP contribution in [0.5, 0.6) is 0 Å².